The smallest absolute Gasteiger partial charge is 0.336 e. The van der Waals surface area contributed by atoms with Gasteiger partial charge in [-0.05, 0) is 13.3 Å². The van der Waals surface area contributed by atoms with Crippen LogP contribution in [0, 0.1) is 0 Å². The fourth-order valence-corrected chi connectivity index (χ4v) is 2.76. The van der Waals surface area contributed by atoms with E-state index in [1.165, 1.54) is 70.6 Å². The molecule has 1 fully saturated rings. The van der Waals surface area contributed by atoms with Crippen LogP contribution in [-0.2, 0) is 19.1 Å². The van der Waals surface area contributed by atoms with Gasteiger partial charge in [0.25, 0.3) is 0 Å². The molecule has 0 aromatic rings. The summed E-state index contributed by atoms with van der Waals surface area (Å²) in [6.45, 7) is 5.68. The van der Waals surface area contributed by atoms with E-state index in [4.69, 9.17) is 30.3 Å². The molecule has 0 saturated carbocycles. The van der Waals surface area contributed by atoms with Gasteiger partial charge in [-0.1, -0.05) is 77.6 Å². The highest BCUT2D eigenvalue weighted by Crippen LogP contribution is 2.15. The van der Waals surface area contributed by atoms with E-state index in [9.17, 15) is 14.4 Å². The van der Waals surface area contributed by atoms with Gasteiger partial charge in [-0.25, -0.2) is 4.79 Å². The lowest BCUT2D eigenvalue weighted by molar-refractivity contribution is -0.170. The van der Waals surface area contributed by atoms with Crippen molar-refractivity contribution >= 4 is 17.9 Å². The third kappa shape index (κ3) is 24.6. The van der Waals surface area contributed by atoms with E-state index in [2.05, 4.69) is 13.8 Å². The monoisotopic (exact) mass is 464 g/mol. The van der Waals surface area contributed by atoms with E-state index in [1.807, 2.05) is 0 Å². The van der Waals surface area contributed by atoms with E-state index in [-0.39, 0.29) is 0 Å². The zero-order valence-electron chi connectivity index (χ0n) is 19.8. The van der Waals surface area contributed by atoms with E-state index < -0.39 is 36.4 Å². The largest absolute Gasteiger partial charge is 0.481 e. The predicted molar refractivity (Wildman–Crippen MR) is 121 cm³/mol. The Bertz CT molecular complexity index is 462. The molecule has 1 aliphatic rings. The number of hydrogen-bond donors (Lipinski definition) is 5. The molecule has 1 aliphatic heterocycles. The van der Waals surface area contributed by atoms with Gasteiger partial charge < -0.3 is 30.3 Å². The molecule has 0 aromatic heterocycles. The number of carboxylic acids is 3. The highest BCUT2D eigenvalue weighted by Gasteiger charge is 2.40. The third-order valence-corrected chi connectivity index (χ3v) is 4.80. The highest BCUT2D eigenvalue weighted by atomic mass is 16.6. The molecule has 1 rings (SSSR count). The van der Waals surface area contributed by atoms with Crippen LogP contribution < -0.4 is 0 Å². The number of carbonyl (C=O) groups is 3. The molecule has 0 bridgehead atoms. The van der Waals surface area contributed by atoms with Crippen LogP contribution in [0.1, 0.15) is 104 Å². The van der Waals surface area contributed by atoms with Crippen molar-refractivity contribution in [3.63, 3.8) is 0 Å². The number of ether oxygens (including phenoxy) is 1. The summed E-state index contributed by atoms with van der Waals surface area (Å²) in [5.74, 6) is -5.02. The molecule has 9 nitrogen and oxygen atoms in total. The second-order valence-electron chi connectivity index (χ2n) is 8.23. The average molecular weight is 465 g/mol. The quantitative estimate of drug-likeness (QED) is 0.159. The molecule has 1 saturated heterocycles. The second kappa shape index (κ2) is 21.2. The standard InChI is InChI=1S/C14H30O.C6H8O7.C3H6O/c1-2-3-4-5-6-7-8-9-10-11-12-13-14-15;7-3(8)1-6(13,5(11)12)2-4(9)10;1-3-2-4-3/h15H,2-14H2,1H3;13H,1-2H2,(H,7,8)(H,9,10)(H,11,12);3H,2H2,1H3. The lowest BCUT2D eigenvalue weighted by Crippen LogP contribution is -2.42. The number of rotatable bonds is 17. The first-order valence-electron chi connectivity index (χ1n) is 11.7. The summed E-state index contributed by atoms with van der Waals surface area (Å²) >= 11 is 0. The zero-order chi connectivity index (χ0) is 24.8. The first-order chi connectivity index (χ1) is 15.1. The van der Waals surface area contributed by atoms with Crippen molar-refractivity contribution in [1.29, 1.82) is 0 Å². The van der Waals surface area contributed by atoms with Gasteiger partial charge in [0.15, 0.2) is 5.60 Å². The van der Waals surface area contributed by atoms with Crippen LogP contribution in [0.15, 0.2) is 0 Å². The Kier molecular flexibility index (Phi) is 21.5. The van der Waals surface area contributed by atoms with E-state index in [0.717, 1.165) is 13.0 Å². The van der Waals surface area contributed by atoms with Crippen LogP contribution in [0.3, 0.4) is 0 Å². The molecule has 1 unspecified atom stereocenters. The number of unbranched alkanes of at least 4 members (excludes halogenated alkanes) is 11. The van der Waals surface area contributed by atoms with E-state index >= 15 is 0 Å². The molecule has 9 heteroatoms. The van der Waals surface area contributed by atoms with Crippen molar-refractivity contribution in [2.75, 3.05) is 13.2 Å². The predicted octanol–water partition coefficient (Wildman–Crippen LogP) is 3.84. The Morgan fingerprint density at radius 2 is 1.09 bits per heavy atom. The molecule has 0 aliphatic carbocycles. The number of aliphatic carboxylic acids is 3. The first kappa shape index (κ1) is 32.5. The van der Waals surface area contributed by atoms with Crippen molar-refractivity contribution in [2.45, 2.75) is 115 Å². The number of epoxide rings is 1. The maximum atomic E-state index is 10.3. The van der Waals surface area contributed by atoms with Crippen LogP contribution >= 0.6 is 0 Å². The normalized spacial score (nSPS) is 14.4. The minimum Gasteiger partial charge on any atom is -0.481 e. The summed E-state index contributed by atoms with van der Waals surface area (Å²) in [7, 11) is 0. The summed E-state index contributed by atoms with van der Waals surface area (Å²) in [6.07, 6.45) is 14.5. The van der Waals surface area contributed by atoms with Crippen LogP contribution in [0.2, 0.25) is 0 Å². The number of carboxylic acid groups (broad SMARTS) is 3. The lowest BCUT2D eigenvalue weighted by Gasteiger charge is -2.18. The fraction of sp³-hybridized carbons (Fsp3) is 0.870. The first-order valence-corrected chi connectivity index (χ1v) is 11.7. The summed E-state index contributed by atoms with van der Waals surface area (Å²) in [5, 5.41) is 42.4. The molecule has 0 radical (unpaired) electrons. The lowest BCUT2D eigenvalue weighted by atomic mass is 9.96. The second-order valence-corrected chi connectivity index (χ2v) is 8.23. The molecule has 1 atom stereocenters. The summed E-state index contributed by atoms with van der Waals surface area (Å²) in [4.78, 5) is 30.5. The maximum Gasteiger partial charge on any atom is 0.336 e. The van der Waals surface area contributed by atoms with Gasteiger partial charge in [0.1, 0.15) is 0 Å². The fourth-order valence-electron chi connectivity index (χ4n) is 2.76. The average Bonchev–Trinajstić information content (AvgIpc) is 3.48. The van der Waals surface area contributed by atoms with Crippen LogP contribution in [0.4, 0.5) is 0 Å². The Morgan fingerprint density at radius 3 is 1.31 bits per heavy atom. The van der Waals surface area contributed by atoms with Crippen molar-refractivity contribution in [2.24, 2.45) is 0 Å². The van der Waals surface area contributed by atoms with Gasteiger partial charge in [0, 0.05) is 6.61 Å². The summed E-state index contributed by atoms with van der Waals surface area (Å²) in [6, 6.07) is 0. The number of aliphatic hydroxyl groups is 2. The Labute approximate surface area is 191 Å². The molecule has 0 aromatic carbocycles. The molecule has 0 amide bonds. The molecule has 0 spiro atoms. The van der Waals surface area contributed by atoms with Crippen LogP contribution in [-0.4, -0.2) is 68.4 Å². The van der Waals surface area contributed by atoms with Crippen molar-refractivity contribution < 1.29 is 44.7 Å². The molecule has 1 heterocycles. The molecule has 5 N–H and O–H groups in total. The number of aliphatic hydroxyl groups excluding tert-OH is 1. The van der Waals surface area contributed by atoms with Crippen LogP contribution in [0.5, 0.6) is 0 Å². The van der Waals surface area contributed by atoms with Gasteiger partial charge in [0.05, 0.1) is 25.6 Å². The Balaban J connectivity index is 0. The summed E-state index contributed by atoms with van der Waals surface area (Å²) in [5.41, 5.74) is -2.74. The minimum atomic E-state index is -2.74. The maximum absolute atomic E-state index is 10.3. The van der Waals surface area contributed by atoms with E-state index in [0.29, 0.717) is 12.7 Å². The highest BCUT2D eigenvalue weighted by molar-refractivity contribution is 5.88. The van der Waals surface area contributed by atoms with Gasteiger partial charge in [-0.3, -0.25) is 9.59 Å². The van der Waals surface area contributed by atoms with Crippen LogP contribution in [0.25, 0.3) is 0 Å². The Hall–Kier alpha value is -1.71. The van der Waals surface area contributed by atoms with E-state index in [1.54, 1.807) is 0 Å². The molecular weight excluding hydrogens is 420 g/mol. The zero-order valence-corrected chi connectivity index (χ0v) is 19.8. The van der Waals surface area contributed by atoms with Gasteiger partial charge >= 0.3 is 17.9 Å². The Morgan fingerprint density at radius 1 is 0.781 bits per heavy atom. The number of hydrogen-bond acceptors (Lipinski definition) is 6. The SMILES string of the molecule is CC1CO1.CCCCCCCCCCCCCCO.O=C(O)CC(O)(CC(=O)O)C(=O)O. The van der Waals surface area contributed by atoms with Crippen molar-refractivity contribution in [1.82, 2.24) is 0 Å². The molecular formula is C23H44O9. The topological polar surface area (TPSA) is 165 Å². The van der Waals surface area contributed by atoms with Gasteiger partial charge in [-0.2, -0.15) is 0 Å². The van der Waals surface area contributed by atoms with Gasteiger partial charge in [-0.15, -0.1) is 0 Å². The third-order valence-electron chi connectivity index (χ3n) is 4.80. The van der Waals surface area contributed by atoms with Gasteiger partial charge in [0.2, 0.25) is 0 Å². The van der Waals surface area contributed by atoms with Crippen molar-refractivity contribution in [3.05, 3.63) is 0 Å². The minimum absolute atomic E-state index is 0.372. The molecule has 190 valence electrons. The molecule has 32 heavy (non-hydrogen) atoms. The van der Waals surface area contributed by atoms with Crippen molar-refractivity contribution in [3.8, 4) is 0 Å². The summed E-state index contributed by atoms with van der Waals surface area (Å²) < 4.78 is 4.71.